The second kappa shape index (κ2) is 5.61. The maximum atomic E-state index is 9.97. The SMILES string of the molecule is COC(C)C(C)(O)CCCC(C)C. The molecule has 2 unspecified atom stereocenters. The molecular formula is C11H24O2. The normalized spacial score (nSPS) is 18.7. The lowest BCUT2D eigenvalue weighted by molar-refractivity contribution is -0.0783. The molecular weight excluding hydrogens is 164 g/mol. The van der Waals surface area contributed by atoms with Crippen LogP contribution >= 0.6 is 0 Å². The van der Waals surface area contributed by atoms with Gasteiger partial charge in [-0.2, -0.15) is 0 Å². The third-order valence-corrected chi connectivity index (χ3v) is 2.69. The van der Waals surface area contributed by atoms with Crippen LogP contribution in [0.15, 0.2) is 0 Å². The van der Waals surface area contributed by atoms with Crippen LogP contribution in [-0.2, 0) is 4.74 Å². The van der Waals surface area contributed by atoms with Crippen molar-refractivity contribution < 1.29 is 9.84 Å². The molecule has 2 nitrogen and oxygen atoms in total. The van der Waals surface area contributed by atoms with Crippen molar-refractivity contribution in [2.75, 3.05) is 7.11 Å². The van der Waals surface area contributed by atoms with E-state index in [0.717, 1.165) is 12.8 Å². The summed E-state index contributed by atoms with van der Waals surface area (Å²) in [5, 5.41) is 9.97. The number of ether oxygens (including phenoxy) is 1. The topological polar surface area (TPSA) is 29.5 Å². The Kier molecular flexibility index (Phi) is 5.57. The Balaban J connectivity index is 3.75. The van der Waals surface area contributed by atoms with Gasteiger partial charge in [-0.15, -0.1) is 0 Å². The van der Waals surface area contributed by atoms with Gasteiger partial charge >= 0.3 is 0 Å². The van der Waals surface area contributed by atoms with Crippen molar-refractivity contribution >= 4 is 0 Å². The molecule has 0 radical (unpaired) electrons. The van der Waals surface area contributed by atoms with Crippen molar-refractivity contribution in [2.24, 2.45) is 5.92 Å². The summed E-state index contributed by atoms with van der Waals surface area (Å²) in [7, 11) is 1.64. The van der Waals surface area contributed by atoms with E-state index in [9.17, 15) is 5.11 Å². The zero-order chi connectivity index (χ0) is 10.5. The van der Waals surface area contributed by atoms with Gasteiger partial charge in [-0.25, -0.2) is 0 Å². The molecule has 0 aliphatic carbocycles. The summed E-state index contributed by atoms with van der Waals surface area (Å²) in [6.07, 6.45) is 2.98. The maximum absolute atomic E-state index is 9.97. The highest BCUT2D eigenvalue weighted by Crippen LogP contribution is 2.21. The monoisotopic (exact) mass is 188 g/mol. The van der Waals surface area contributed by atoms with Gasteiger partial charge in [0.1, 0.15) is 0 Å². The van der Waals surface area contributed by atoms with Gasteiger partial charge in [0.25, 0.3) is 0 Å². The van der Waals surface area contributed by atoms with Gasteiger partial charge < -0.3 is 9.84 Å². The van der Waals surface area contributed by atoms with E-state index in [2.05, 4.69) is 13.8 Å². The van der Waals surface area contributed by atoms with Gasteiger partial charge in [0, 0.05) is 7.11 Å². The lowest BCUT2D eigenvalue weighted by atomic mass is 9.92. The Bertz CT molecular complexity index is 130. The summed E-state index contributed by atoms with van der Waals surface area (Å²) in [5.41, 5.74) is -0.677. The molecule has 2 atom stereocenters. The fourth-order valence-corrected chi connectivity index (χ4v) is 1.33. The lowest BCUT2D eigenvalue weighted by Gasteiger charge is -2.29. The van der Waals surface area contributed by atoms with E-state index in [1.54, 1.807) is 7.11 Å². The van der Waals surface area contributed by atoms with Crippen LogP contribution in [-0.4, -0.2) is 23.9 Å². The van der Waals surface area contributed by atoms with Crippen molar-refractivity contribution in [3.63, 3.8) is 0 Å². The Labute approximate surface area is 82.3 Å². The molecule has 0 aromatic heterocycles. The van der Waals surface area contributed by atoms with Crippen molar-refractivity contribution in [1.29, 1.82) is 0 Å². The molecule has 0 rings (SSSR count). The summed E-state index contributed by atoms with van der Waals surface area (Å²) in [6, 6.07) is 0. The van der Waals surface area contributed by atoms with Gasteiger partial charge in [-0.05, 0) is 26.2 Å². The third-order valence-electron chi connectivity index (χ3n) is 2.69. The minimum Gasteiger partial charge on any atom is -0.387 e. The first-order valence-electron chi connectivity index (χ1n) is 5.15. The fourth-order valence-electron chi connectivity index (χ4n) is 1.33. The molecule has 0 bridgehead atoms. The standard InChI is InChI=1S/C11H24O2/c1-9(2)7-6-8-11(4,12)10(3)13-5/h9-10,12H,6-8H2,1-5H3. The highest BCUT2D eigenvalue weighted by molar-refractivity contribution is 4.79. The molecule has 2 heteroatoms. The Morgan fingerprint density at radius 2 is 1.85 bits per heavy atom. The average Bonchev–Trinajstić information content (AvgIpc) is 2.01. The first kappa shape index (κ1) is 12.9. The zero-order valence-electron chi connectivity index (χ0n) is 9.63. The molecule has 0 fully saturated rings. The van der Waals surface area contributed by atoms with E-state index in [1.807, 2.05) is 13.8 Å². The maximum Gasteiger partial charge on any atom is 0.0877 e. The summed E-state index contributed by atoms with van der Waals surface area (Å²) in [5.74, 6) is 0.716. The highest BCUT2D eigenvalue weighted by Gasteiger charge is 2.27. The molecule has 13 heavy (non-hydrogen) atoms. The lowest BCUT2D eigenvalue weighted by Crippen LogP contribution is -2.38. The second-order valence-corrected chi connectivity index (χ2v) is 4.52. The van der Waals surface area contributed by atoms with Crippen LogP contribution in [0, 0.1) is 5.92 Å². The Morgan fingerprint density at radius 3 is 2.23 bits per heavy atom. The van der Waals surface area contributed by atoms with E-state index < -0.39 is 5.60 Å². The molecule has 0 aromatic carbocycles. The number of hydrogen-bond acceptors (Lipinski definition) is 2. The smallest absolute Gasteiger partial charge is 0.0877 e. The van der Waals surface area contributed by atoms with Crippen LogP contribution in [0.4, 0.5) is 0 Å². The summed E-state index contributed by atoms with van der Waals surface area (Å²) in [6.45, 7) is 8.17. The first-order valence-corrected chi connectivity index (χ1v) is 5.15. The number of hydrogen-bond donors (Lipinski definition) is 1. The van der Waals surface area contributed by atoms with Crippen molar-refractivity contribution in [3.05, 3.63) is 0 Å². The van der Waals surface area contributed by atoms with Gasteiger partial charge in [0.15, 0.2) is 0 Å². The zero-order valence-corrected chi connectivity index (χ0v) is 9.63. The Morgan fingerprint density at radius 1 is 1.31 bits per heavy atom. The summed E-state index contributed by atoms with van der Waals surface area (Å²) in [4.78, 5) is 0. The van der Waals surface area contributed by atoms with Crippen LogP contribution in [0.3, 0.4) is 0 Å². The molecule has 0 aromatic rings. The molecule has 1 N–H and O–H groups in total. The molecule has 0 saturated heterocycles. The van der Waals surface area contributed by atoms with Gasteiger partial charge in [-0.3, -0.25) is 0 Å². The minimum atomic E-state index is -0.677. The van der Waals surface area contributed by atoms with Crippen molar-refractivity contribution in [2.45, 2.75) is 58.7 Å². The van der Waals surface area contributed by atoms with Gasteiger partial charge in [-0.1, -0.05) is 26.7 Å². The first-order chi connectivity index (χ1) is 5.90. The van der Waals surface area contributed by atoms with Crippen molar-refractivity contribution in [3.8, 4) is 0 Å². The minimum absolute atomic E-state index is 0.0836. The molecule has 0 spiro atoms. The fraction of sp³-hybridized carbons (Fsp3) is 1.00. The predicted molar refractivity (Wildman–Crippen MR) is 55.8 cm³/mol. The largest absolute Gasteiger partial charge is 0.387 e. The van der Waals surface area contributed by atoms with Crippen LogP contribution in [0.2, 0.25) is 0 Å². The number of rotatable bonds is 6. The Hall–Kier alpha value is -0.0800. The van der Waals surface area contributed by atoms with Crippen LogP contribution in [0.1, 0.15) is 47.0 Å². The van der Waals surface area contributed by atoms with E-state index in [-0.39, 0.29) is 6.10 Å². The van der Waals surface area contributed by atoms with Crippen LogP contribution in [0.5, 0.6) is 0 Å². The molecule has 0 heterocycles. The third kappa shape index (κ3) is 5.27. The highest BCUT2D eigenvalue weighted by atomic mass is 16.5. The quantitative estimate of drug-likeness (QED) is 0.694. The number of methoxy groups -OCH3 is 1. The molecule has 0 amide bonds. The van der Waals surface area contributed by atoms with Crippen LogP contribution in [0.25, 0.3) is 0 Å². The molecule has 80 valence electrons. The van der Waals surface area contributed by atoms with E-state index in [4.69, 9.17) is 4.74 Å². The molecule has 0 aliphatic rings. The average molecular weight is 188 g/mol. The molecule has 0 aliphatic heterocycles. The van der Waals surface area contributed by atoms with Gasteiger partial charge in [0.05, 0.1) is 11.7 Å². The van der Waals surface area contributed by atoms with Crippen LogP contribution < -0.4 is 0 Å². The van der Waals surface area contributed by atoms with Gasteiger partial charge in [0.2, 0.25) is 0 Å². The summed E-state index contributed by atoms with van der Waals surface area (Å²) >= 11 is 0. The summed E-state index contributed by atoms with van der Waals surface area (Å²) < 4.78 is 5.12. The number of aliphatic hydroxyl groups is 1. The van der Waals surface area contributed by atoms with E-state index in [1.165, 1.54) is 6.42 Å². The van der Waals surface area contributed by atoms with Crippen molar-refractivity contribution in [1.82, 2.24) is 0 Å². The second-order valence-electron chi connectivity index (χ2n) is 4.52. The molecule has 0 saturated carbocycles. The van der Waals surface area contributed by atoms with E-state index in [0.29, 0.717) is 5.92 Å². The predicted octanol–water partition coefficient (Wildman–Crippen LogP) is 2.60. The van der Waals surface area contributed by atoms with E-state index >= 15 is 0 Å².